The van der Waals surface area contributed by atoms with Crippen molar-refractivity contribution in [3.8, 4) is 0 Å². The maximum atomic E-state index is 12.2. The third-order valence-corrected chi connectivity index (χ3v) is 5.01. The molecule has 0 saturated carbocycles. The van der Waals surface area contributed by atoms with Crippen molar-refractivity contribution >= 4 is 5.78 Å². The molecule has 0 fully saturated rings. The van der Waals surface area contributed by atoms with Gasteiger partial charge < -0.3 is 0 Å². The monoisotopic (exact) mass is 358 g/mol. The first-order chi connectivity index (χ1) is 12.8. The van der Waals surface area contributed by atoms with Crippen LogP contribution in [0.1, 0.15) is 107 Å². The fourth-order valence-electron chi connectivity index (χ4n) is 3.30. The Balaban J connectivity index is 1.90. The van der Waals surface area contributed by atoms with Gasteiger partial charge in [-0.1, -0.05) is 70.4 Å². The Morgan fingerprint density at radius 1 is 0.846 bits per heavy atom. The molecular formula is C24H40NO+. The van der Waals surface area contributed by atoms with Crippen molar-refractivity contribution in [3.05, 3.63) is 42.2 Å². The molecule has 1 rings (SSSR count). The summed E-state index contributed by atoms with van der Waals surface area (Å²) in [5, 5.41) is 0. The molecule has 26 heavy (non-hydrogen) atoms. The number of nitrogens with zero attached hydrogens (tertiary/aromatic N) is 1. The molecule has 2 nitrogen and oxygen atoms in total. The molecule has 0 aliphatic carbocycles. The van der Waals surface area contributed by atoms with Gasteiger partial charge in [-0.3, -0.25) is 4.79 Å². The third kappa shape index (κ3) is 11.2. The Morgan fingerprint density at radius 2 is 1.42 bits per heavy atom. The second-order valence-corrected chi connectivity index (χ2v) is 7.45. The zero-order chi connectivity index (χ0) is 18.9. The van der Waals surface area contributed by atoms with Crippen molar-refractivity contribution < 1.29 is 9.36 Å². The Bertz CT molecular complexity index is 507. The van der Waals surface area contributed by atoms with Crippen molar-refractivity contribution in [2.45, 2.75) is 96.8 Å². The average molecular weight is 359 g/mol. The quantitative estimate of drug-likeness (QED) is 0.139. The van der Waals surface area contributed by atoms with E-state index in [0.717, 1.165) is 12.1 Å². The molecule has 0 unspecified atom stereocenters. The molecule has 0 aromatic carbocycles. The average Bonchev–Trinajstić information content (AvgIpc) is 2.65. The maximum Gasteiger partial charge on any atom is 0.248 e. The molecule has 146 valence electrons. The van der Waals surface area contributed by atoms with E-state index >= 15 is 0 Å². The predicted molar refractivity (Wildman–Crippen MR) is 111 cm³/mol. The van der Waals surface area contributed by atoms with Crippen molar-refractivity contribution in [2.24, 2.45) is 7.05 Å². The predicted octanol–water partition coefficient (Wildman–Crippen LogP) is 6.73. The number of aromatic nitrogens is 1. The second-order valence-electron chi connectivity index (χ2n) is 7.45. The molecule has 1 aromatic heterocycles. The van der Waals surface area contributed by atoms with E-state index in [1.54, 1.807) is 0 Å². The van der Waals surface area contributed by atoms with Crippen LogP contribution in [0.5, 0.6) is 0 Å². The maximum absolute atomic E-state index is 12.2. The highest BCUT2D eigenvalue weighted by atomic mass is 16.1. The van der Waals surface area contributed by atoms with Crippen molar-refractivity contribution in [3.63, 3.8) is 0 Å². The number of ketones is 1. The van der Waals surface area contributed by atoms with Gasteiger partial charge in [0.05, 0.1) is 0 Å². The van der Waals surface area contributed by atoms with E-state index in [4.69, 9.17) is 0 Å². The van der Waals surface area contributed by atoms with Crippen LogP contribution in [0.25, 0.3) is 0 Å². The Morgan fingerprint density at radius 3 is 2.04 bits per heavy atom. The smallest absolute Gasteiger partial charge is 0.248 e. The zero-order valence-corrected chi connectivity index (χ0v) is 17.2. The van der Waals surface area contributed by atoms with E-state index < -0.39 is 0 Å². The molecule has 0 saturated heterocycles. The Labute approximate surface area is 161 Å². The molecule has 0 aliphatic heterocycles. The third-order valence-electron chi connectivity index (χ3n) is 5.01. The molecule has 0 N–H and O–H groups in total. The van der Waals surface area contributed by atoms with Crippen molar-refractivity contribution in [1.29, 1.82) is 0 Å². The Hall–Kier alpha value is -1.44. The normalized spacial score (nSPS) is 11.3. The summed E-state index contributed by atoms with van der Waals surface area (Å²) in [5.41, 5.74) is 0.822. The lowest BCUT2D eigenvalue weighted by molar-refractivity contribution is -0.673. The van der Waals surface area contributed by atoms with Crippen LogP contribution in [0.2, 0.25) is 0 Å². The summed E-state index contributed by atoms with van der Waals surface area (Å²) in [7, 11) is 1.94. The van der Waals surface area contributed by atoms with E-state index in [9.17, 15) is 4.79 Å². The van der Waals surface area contributed by atoms with Crippen LogP contribution in [-0.4, -0.2) is 5.78 Å². The van der Waals surface area contributed by atoms with Gasteiger partial charge in [0.15, 0.2) is 6.20 Å². The molecule has 1 heterocycles. The molecule has 1 aromatic rings. The van der Waals surface area contributed by atoms with Crippen molar-refractivity contribution in [1.82, 2.24) is 0 Å². The summed E-state index contributed by atoms with van der Waals surface area (Å²) in [6.45, 7) is 2.27. The highest BCUT2D eigenvalue weighted by molar-refractivity contribution is 5.92. The fraction of sp³-hybridized carbons (Fsp3) is 0.667. The number of unbranched alkanes of at least 4 members (excludes halogenated alkanes) is 11. The van der Waals surface area contributed by atoms with Gasteiger partial charge in [-0.25, -0.2) is 0 Å². The first-order valence-electron chi connectivity index (χ1n) is 10.9. The van der Waals surface area contributed by atoms with Gasteiger partial charge in [-0.15, -0.1) is 0 Å². The molecule has 0 spiro atoms. The summed E-state index contributed by atoms with van der Waals surface area (Å²) in [6, 6.07) is 5.81. The summed E-state index contributed by atoms with van der Waals surface area (Å²) < 4.78 is 1.92. The number of pyridine rings is 1. The Kier molecular flexibility index (Phi) is 13.7. The van der Waals surface area contributed by atoms with E-state index in [2.05, 4.69) is 19.1 Å². The number of Topliss-reactive ketones (excluding diaryl/α,β-unsaturated/α-hetero) is 1. The lowest BCUT2D eigenvalue weighted by Gasteiger charge is -2.01. The number of hydrogen-bond donors (Lipinski definition) is 0. The van der Waals surface area contributed by atoms with Crippen LogP contribution in [0.15, 0.2) is 36.5 Å². The van der Waals surface area contributed by atoms with E-state index in [0.29, 0.717) is 6.42 Å². The minimum atomic E-state index is 0.269. The second kappa shape index (κ2) is 15.8. The zero-order valence-electron chi connectivity index (χ0n) is 17.2. The van der Waals surface area contributed by atoms with Gasteiger partial charge in [0, 0.05) is 18.6 Å². The molecule has 0 bridgehead atoms. The summed E-state index contributed by atoms with van der Waals surface area (Å²) >= 11 is 0. The molecular weight excluding hydrogens is 318 g/mol. The largest absolute Gasteiger partial charge is 0.287 e. The minimum Gasteiger partial charge on any atom is -0.287 e. The number of carbonyl (C=O) groups excluding carboxylic acids is 1. The number of hydrogen-bond acceptors (Lipinski definition) is 1. The van der Waals surface area contributed by atoms with Gasteiger partial charge in [0.25, 0.3) is 0 Å². The lowest BCUT2D eigenvalue weighted by atomic mass is 10.1. The van der Waals surface area contributed by atoms with E-state index in [1.807, 2.05) is 36.0 Å². The molecule has 2 heteroatoms. The number of allylic oxidation sites excluding steroid dienone is 2. The van der Waals surface area contributed by atoms with Gasteiger partial charge in [0.2, 0.25) is 11.5 Å². The molecule has 0 amide bonds. The highest BCUT2D eigenvalue weighted by Gasteiger charge is 2.14. The molecule has 0 aliphatic rings. The lowest BCUT2D eigenvalue weighted by Crippen LogP contribution is -2.35. The fourth-order valence-corrected chi connectivity index (χ4v) is 3.30. The standard InChI is InChI=1S/C24H40NO/c1-3-4-5-6-7-8-9-10-11-12-13-14-15-16-17-21-24(26)23-20-18-19-22-25(23)2/h10-11,18-20,22H,3-9,12-17,21H2,1-2H3/q+1/b11-10-. The highest BCUT2D eigenvalue weighted by Crippen LogP contribution is 2.11. The SMILES string of the molecule is CCCCCCCC/C=C\CCCCCCCC(=O)c1cccc[n+]1C. The van der Waals surface area contributed by atoms with Crippen LogP contribution in [0.3, 0.4) is 0 Å². The van der Waals surface area contributed by atoms with Crippen LogP contribution in [0, 0.1) is 0 Å². The van der Waals surface area contributed by atoms with E-state index in [1.165, 1.54) is 77.0 Å². The van der Waals surface area contributed by atoms with Gasteiger partial charge >= 0.3 is 0 Å². The molecule has 0 radical (unpaired) electrons. The molecule has 0 atom stereocenters. The van der Waals surface area contributed by atoms with Gasteiger partial charge in [-0.05, 0) is 38.2 Å². The summed E-state index contributed by atoms with van der Waals surface area (Å²) in [4.78, 5) is 12.2. The summed E-state index contributed by atoms with van der Waals surface area (Å²) in [5.74, 6) is 0.269. The number of aryl methyl sites for hydroxylation is 1. The van der Waals surface area contributed by atoms with Crippen LogP contribution < -0.4 is 4.57 Å². The first-order valence-corrected chi connectivity index (χ1v) is 10.9. The van der Waals surface area contributed by atoms with Gasteiger partial charge in [-0.2, -0.15) is 4.57 Å². The van der Waals surface area contributed by atoms with Crippen LogP contribution >= 0.6 is 0 Å². The number of rotatable bonds is 16. The van der Waals surface area contributed by atoms with Crippen molar-refractivity contribution in [2.75, 3.05) is 0 Å². The topological polar surface area (TPSA) is 20.9 Å². The van der Waals surface area contributed by atoms with Crippen LogP contribution in [0.4, 0.5) is 0 Å². The minimum absolute atomic E-state index is 0.269. The van der Waals surface area contributed by atoms with E-state index in [-0.39, 0.29) is 5.78 Å². The first kappa shape index (κ1) is 22.6. The summed E-state index contributed by atoms with van der Waals surface area (Å²) in [6.07, 6.45) is 24.1. The van der Waals surface area contributed by atoms with Crippen LogP contribution in [-0.2, 0) is 7.05 Å². The number of carbonyl (C=O) groups is 1. The van der Waals surface area contributed by atoms with Gasteiger partial charge in [0.1, 0.15) is 7.05 Å².